The molecule has 2 atom stereocenters. The van der Waals surface area contributed by atoms with E-state index in [0.717, 1.165) is 0 Å². The quantitative estimate of drug-likeness (QED) is 0.504. The maximum atomic E-state index is 8.56. The van der Waals surface area contributed by atoms with Gasteiger partial charge in [-0.15, -0.1) is 0 Å². The van der Waals surface area contributed by atoms with Crippen LogP contribution in [0.3, 0.4) is 0 Å². The summed E-state index contributed by atoms with van der Waals surface area (Å²) in [4.78, 5) is 0. The maximum absolute atomic E-state index is 8.56. The van der Waals surface area contributed by atoms with Gasteiger partial charge in [-0.05, 0) is 24.7 Å². The van der Waals surface area contributed by atoms with Crippen LogP contribution in [0, 0.1) is 23.3 Å². The molecule has 1 aliphatic rings. The van der Waals surface area contributed by atoms with Crippen molar-refractivity contribution >= 4 is 0 Å². The van der Waals surface area contributed by atoms with Crippen LogP contribution >= 0.6 is 0 Å². The van der Waals surface area contributed by atoms with Gasteiger partial charge in [-0.2, -0.15) is 5.26 Å². The Hall–Kier alpha value is -0.710. The number of nitrogens with one attached hydrogen (secondary N) is 1. The van der Waals surface area contributed by atoms with Crippen LogP contribution in [0.2, 0.25) is 0 Å². The van der Waals surface area contributed by atoms with Crippen LogP contribution in [-0.2, 0) is 0 Å². The van der Waals surface area contributed by atoms with Gasteiger partial charge in [0, 0.05) is 6.04 Å². The molecule has 2 heteroatoms. The summed E-state index contributed by atoms with van der Waals surface area (Å²) in [6.07, 6.45) is 7.16. The average Bonchev–Trinajstić information content (AvgIpc) is 2.05. The molecule has 0 spiro atoms. The van der Waals surface area contributed by atoms with Crippen LogP contribution in [0.5, 0.6) is 0 Å². The van der Waals surface area contributed by atoms with E-state index in [1.54, 1.807) is 0 Å². The number of hydrogen-bond acceptors (Lipinski definition) is 2. The smallest absolute Gasteiger partial charge is 0.176 e. The first-order valence-corrected chi connectivity index (χ1v) is 4.90. The zero-order valence-electron chi connectivity index (χ0n) is 8.01. The molecule has 0 amide bonds. The van der Waals surface area contributed by atoms with Gasteiger partial charge in [-0.3, -0.25) is 0 Å². The van der Waals surface area contributed by atoms with Crippen molar-refractivity contribution in [3.63, 3.8) is 0 Å². The van der Waals surface area contributed by atoms with Crippen molar-refractivity contribution in [3.05, 3.63) is 0 Å². The SMILES string of the molecule is CC(C)C1CCCCC1NC#N. The predicted molar refractivity (Wildman–Crippen MR) is 49.3 cm³/mol. The zero-order chi connectivity index (χ0) is 8.97. The highest BCUT2D eigenvalue weighted by atomic mass is 14.9. The minimum absolute atomic E-state index is 0.448. The van der Waals surface area contributed by atoms with Gasteiger partial charge in [-0.1, -0.05) is 26.7 Å². The minimum atomic E-state index is 0.448. The first-order chi connectivity index (χ1) is 5.75. The summed E-state index contributed by atoms with van der Waals surface area (Å²) in [6.45, 7) is 4.50. The van der Waals surface area contributed by atoms with Crippen LogP contribution < -0.4 is 5.32 Å². The second-order valence-electron chi connectivity index (χ2n) is 4.05. The van der Waals surface area contributed by atoms with E-state index in [1.165, 1.54) is 25.7 Å². The number of nitriles is 1. The highest BCUT2D eigenvalue weighted by Gasteiger charge is 2.26. The Labute approximate surface area is 75.0 Å². The van der Waals surface area contributed by atoms with E-state index in [9.17, 15) is 0 Å². The molecule has 0 heterocycles. The topological polar surface area (TPSA) is 35.8 Å². The fourth-order valence-corrected chi connectivity index (χ4v) is 2.22. The van der Waals surface area contributed by atoms with Gasteiger partial charge < -0.3 is 5.32 Å². The predicted octanol–water partition coefficient (Wildman–Crippen LogP) is 2.27. The summed E-state index contributed by atoms with van der Waals surface area (Å²) in [5.74, 6) is 1.41. The minimum Gasteiger partial charge on any atom is -0.320 e. The summed E-state index contributed by atoms with van der Waals surface area (Å²) in [5.41, 5.74) is 0. The Kier molecular flexibility index (Phi) is 3.40. The van der Waals surface area contributed by atoms with E-state index in [-0.39, 0.29) is 0 Å². The molecule has 0 saturated heterocycles. The number of rotatable bonds is 2. The van der Waals surface area contributed by atoms with Gasteiger partial charge in [-0.25, -0.2) is 0 Å². The molecule has 0 aromatic rings. The molecule has 2 nitrogen and oxygen atoms in total. The van der Waals surface area contributed by atoms with Gasteiger partial charge in [0.2, 0.25) is 0 Å². The van der Waals surface area contributed by atoms with Gasteiger partial charge in [0.1, 0.15) is 0 Å². The fraction of sp³-hybridized carbons (Fsp3) is 0.900. The first-order valence-electron chi connectivity index (χ1n) is 4.90. The third-order valence-electron chi connectivity index (χ3n) is 2.93. The molecule has 2 unspecified atom stereocenters. The molecule has 0 aliphatic heterocycles. The van der Waals surface area contributed by atoms with Crippen molar-refractivity contribution in [1.29, 1.82) is 5.26 Å². The van der Waals surface area contributed by atoms with Crippen molar-refractivity contribution in [3.8, 4) is 6.19 Å². The molecule has 1 rings (SSSR count). The second-order valence-corrected chi connectivity index (χ2v) is 4.05. The third kappa shape index (κ3) is 2.14. The molecular weight excluding hydrogens is 148 g/mol. The van der Waals surface area contributed by atoms with Crippen LogP contribution in [0.1, 0.15) is 39.5 Å². The van der Waals surface area contributed by atoms with Crippen LogP contribution in [0.25, 0.3) is 0 Å². The summed E-state index contributed by atoms with van der Waals surface area (Å²) in [6, 6.07) is 0.448. The molecular formula is C10H18N2. The van der Waals surface area contributed by atoms with Crippen LogP contribution in [0.15, 0.2) is 0 Å². The fourth-order valence-electron chi connectivity index (χ4n) is 2.22. The molecule has 0 aromatic carbocycles. The molecule has 68 valence electrons. The monoisotopic (exact) mass is 166 g/mol. The lowest BCUT2D eigenvalue weighted by Gasteiger charge is -2.33. The Bertz CT molecular complexity index is 169. The first kappa shape index (κ1) is 9.38. The Morgan fingerprint density at radius 2 is 2.00 bits per heavy atom. The number of nitrogens with zero attached hydrogens (tertiary/aromatic N) is 1. The van der Waals surface area contributed by atoms with Crippen molar-refractivity contribution in [2.45, 2.75) is 45.6 Å². The zero-order valence-corrected chi connectivity index (χ0v) is 8.01. The Morgan fingerprint density at radius 1 is 1.33 bits per heavy atom. The van der Waals surface area contributed by atoms with Crippen LogP contribution in [0.4, 0.5) is 0 Å². The molecule has 1 fully saturated rings. The summed E-state index contributed by atoms with van der Waals surface area (Å²) < 4.78 is 0. The average molecular weight is 166 g/mol. The van der Waals surface area contributed by atoms with Crippen molar-refractivity contribution in [1.82, 2.24) is 5.32 Å². The van der Waals surface area contributed by atoms with E-state index in [1.807, 2.05) is 0 Å². The van der Waals surface area contributed by atoms with Crippen molar-refractivity contribution in [2.75, 3.05) is 0 Å². The maximum Gasteiger partial charge on any atom is 0.176 e. The summed E-state index contributed by atoms with van der Waals surface area (Å²) >= 11 is 0. The summed E-state index contributed by atoms with van der Waals surface area (Å²) in [5, 5.41) is 11.5. The lowest BCUT2D eigenvalue weighted by Crippen LogP contribution is -2.38. The largest absolute Gasteiger partial charge is 0.320 e. The molecule has 12 heavy (non-hydrogen) atoms. The van der Waals surface area contributed by atoms with Gasteiger partial charge in [0.05, 0.1) is 0 Å². The lowest BCUT2D eigenvalue weighted by molar-refractivity contribution is 0.221. The molecule has 0 bridgehead atoms. The van der Waals surface area contributed by atoms with E-state index in [0.29, 0.717) is 17.9 Å². The van der Waals surface area contributed by atoms with Crippen molar-refractivity contribution < 1.29 is 0 Å². The highest BCUT2D eigenvalue weighted by molar-refractivity contribution is 4.86. The standard InChI is InChI=1S/C10H18N2/c1-8(2)9-5-3-4-6-10(9)12-7-11/h8-10,12H,3-6H2,1-2H3. The van der Waals surface area contributed by atoms with E-state index in [4.69, 9.17) is 5.26 Å². The Morgan fingerprint density at radius 3 is 2.58 bits per heavy atom. The normalized spacial score (nSPS) is 29.8. The van der Waals surface area contributed by atoms with Crippen molar-refractivity contribution in [2.24, 2.45) is 11.8 Å². The van der Waals surface area contributed by atoms with E-state index >= 15 is 0 Å². The molecule has 0 radical (unpaired) electrons. The van der Waals surface area contributed by atoms with E-state index < -0.39 is 0 Å². The van der Waals surface area contributed by atoms with Gasteiger partial charge in [0.25, 0.3) is 0 Å². The van der Waals surface area contributed by atoms with Gasteiger partial charge in [0.15, 0.2) is 6.19 Å². The van der Waals surface area contributed by atoms with E-state index in [2.05, 4.69) is 25.4 Å². The summed E-state index contributed by atoms with van der Waals surface area (Å²) in [7, 11) is 0. The lowest BCUT2D eigenvalue weighted by atomic mass is 9.78. The Balaban J connectivity index is 2.49. The molecule has 1 aliphatic carbocycles. The van der Waals surface area contributed by atoms with Crippen LogP contribution in [-0.4, -0.2) is 6.04 Å². The molecule has 1 saturated carbocycles. The highest BCUT2D eigenvalue weighted by Crippen LogP contribution is 2.29. The van der Waals surface area contributed by atoms with Gasteiger partial charge >= 0.3 is 0 Å². The molecule has 0 aromatic heterocycles. The molecule has 1 N–H and O–H groups in total. The number of hydrogen-bond donors (Lipinski definition) is 1. The third-order valence-corrected chi connectivity index (χ3v) is 2.93. The second kappa shape index (κ2) is 4.35.